The Morgan fingerprint density at radius 1 is 0.897 bits per heavy atom. The molecule has 2 aromatic rings. The molecule has 1 saturated carbocycles. The lowest BCUT2D eigenvalue weighted by Gasteiger charge is -2.43. The molecular formula is C31H40N4O4. The summed E-state index contributed by atoms with van der Waals surface area (Å²) in [4.78, 5) is 41.7. The monoisotopic (exact) mass is 532 g/mol. The van der Waals surface area contributed by atoms with Crippen molar-refractivity contribution in [2.75, 3.05) is 13.1 Å². The number of rotatable bonds is 7. The molecule has 0 bridgehead atoms. The van der Waals surface area contributed by atoms with Gasteiger partial charge >= 0.3 is 6.09 Å². The number of nitrogens with zero attached hydrogens (tertiary/aromatic N) is 2. The van der Waals surface area contributed by atoms with Crippen molar-refractivity contribution in [2.24, 2.45) is 5.73 Å². The molecule has 3 aliphatic rings. The van der Waals surface area contributed by atoms with E-state index in [0.717, 1.165) is 68.3 Å². The number of nitrogens with one attached hydrogen (secondary N) is 1. The first kappa shape index (κ1) is 27.3. The zero-order chi connectivity index (χ0) is 27.2. The summed E-state index contributed by atoms with van der Waals surface area (Å²) in [5.74, 6) is -0.769. The summed E-state index contributed by atoms with van der Waals surface area (Å²) in [6.45, 7) is 2.64. The van der Waals surface area contributed by atoms with Gasteiger partial charge in [-0.3, -0.25) is 14.9 Å². The van der Waals surface area contributed by atoms with Gasteiger partial charge in [0.05, 0.1) is 5.92 Å². The van der Waals surface area contributed by atoms with Crippen molar-refractivity contribution < 1.29 is 19.1 Å². The maximum absolute atomic E-state index is 13.4. The summed E-state index contributed by atoms with van der Waals surface area (Å²) in [6.07, 6.45) is 6.92. The molecule has 0 radical (unpaired) electrons. The number of amides is 3. The predicted molar refractivity (Wildman–Crippen MR) is 149 cm³/mol. The van der Waals surface area contributed by atoms with Crippen LogP contribution in [0.25, 0.3) is 0 Å². The molecule has 2 saturated heterocycles. The van der Waals surface area contributed by atoms with Gasteiger partial charge in [-0.2, -0.15) is 0 Å². The second-order valence-corrected chi connectivity index (χ2v) is 11.2. The third-order valence-corrected chi connectivity index (χ3v) is 8.61. The van der Waals surface area contributed by atoms with E-state index in [2.05, 4.69) is 10.2 Å². The Balaban J connectivity index is 1.24. The third kappa shape index (κ3) is 7.05. The van der Waals surface area contributed by atoms with Crippen molar-refractivity contribution in [3.63, 3.8) is 0 Å². The van der Waals surface area contributed by atoms with E-state index in [1.807, 2.05) is 59.5 Å². The zero-order valence-electron chi connectivity index (χ0n) is 22.6. The maximum Gasteiger partial charge on any atom is 0.410 e. The fraction of sp³-hybridized carbons (Fsp3) is 0.516. The maximum atomic E-state index is 13.4. The highest BCUT2D eigenvalue weighted by Crippen LogP contribution is 2.29. The van der Waals surface area contributed by atoms with E-state index in [4.69, 9.17) is 10.5 Å². The number of carbonyl (C=O) groups is 3. The molecule has 3 amide bonds. The van der Waals surface area contributed by atoms with Crippen molar-refractivity contribution in [3.05, 3.63) is 71.3 Å². The Bertz CT molecular complexity index is 1120. The highest BCUT2D eigenvalue weighted by molar-refractivity contribution is 6.00. The van der Waals surface area contributed by atoms with Crippen LogP contribution < -0.4 is 11.1 Å². The summed E-state index contributed by atoms with van der Waals surface area (Å²) in [5.41, 5.74) is 8.97. The first-order chi connectivity index (χ1) is 19.0. The first-order valence-corrected chi connectivity index (χ1v) is 14.4. The number of carbonyl (C=O) groups excluding carboxylic acids is 3. The Kier molecular flexibility index (Phi) is 8.94. The lowest BCUT2D eigenvalue weighted by atomic mass is 9.89. The van der Waals surface area contributed by atoms with E-state index in [0.29, 0.717) is 31.5 Å². The van der Waals surface area contributed by atoms with Crippen LogP contribution >= 0.6 is 0 Å². The Morgan fingerprint density at radius 3 is 2.26 bits per heavy atom. The molecule has 1 atom stereocenters. The molecule has 8 nitrogen and oxygen atoms in total. The van der Waals surface area contributed by atoms with Gasteiger partial charge in [0.1, 0.15) is 6.61 Å². The van der Waals surface area contributed by atoms with E-state index in [1.54, 1.807) is 0 Å². The molecule has 0 aromatic heterocycles. The summed E-state index contributed by atoms with van der Waals surface area (Å²) in [7, 11) is 0. The van der Waals surface area contributed by atoms with E-state index in [9.17, 15) is 14.4 Å². The van der Waals surface area contributed by atoms with Gasteiger partial charge in [-0.25, -0.2) is 4.79 Å². The van der Waals surface area contributed by atoms with Crippen LogP contribution in [0.15, 0.2) is 54.6 Å². The van der Waals surface area contributed by atoms with E-state index in [-0.39, 0.29) is 36.5 Å². The molecule has 3 fully saturated rings. The fourth-order valence-electron chi connectivity index (χ4n) is 6.24. The molecule has 8 heteroatoms. The highest BCUT2D eigenvalue weighted by Gasteiger charge is 2.33. The quantitative estimate of drug-likeness (QED) is 0.521. The molecule has 0 spiro atoms. The lowest BCUT2D eigenvalue weighted by molar-refractivity contribution is -0.134. The Hall–Kier alpha value is -3.23. The molecule has 208 valence electrons. The van der Waals surface area contributed by atoms with Gasteiger partial charge in [-0.15, -0.1) is 0 Å². The van der Waals surface area contributed by atoms with Crippen molar-refractivity contribution in [3.8, 4) is 0 Å². The molecule has 3 N–H and O–H groups in total. The summed E-state index contributed by atoms with van der Waals surface area (Å²) in [6, 6.07) is 18.7. The largest absolute Gasteiger partial charge is 0.445 e. The molecule has 2 aliphatic heterocycles. The van der Waals surface area contributed by atoms with Crippen LogP contribution in [0, 0.1) is 0 Å². The minimum absolute atomic E-state index is 0.102. The molecule has 2 heterocycles. The number of imide groups is 1. The number of benzene rings is 2. The Labute approximate surface area is 230 Å². The van der Waals surface area contributed by atoms with Crippen LogP contribution in [-0.2, 0) is 27.5 Å². The molecule has 5 rings (SSSR count). The molecule has 39 heavy (non-hydrogen) atoms. The zero-order valence-corrected chi connectivity index (χ0v) is 22.6. The molecule has 1 aliphatic carbocycles. The standard InChI is InChI=1S/C31H40N4O4/c32-25-10-12-26(13-11-25)34-18-16-27(17-19-34)35(31(38)39-21-23-4-2-1-3-5-23)20-22-6-8-24(9-7-22)28-14-15-29(36)33-30(28)37/h1-9,25-28H,10-21,32H2,(H,33,36,37). The van der Waals surface area contributed by atoms with Crippen LogP contribution in [0.4, 0.5) is 4.79 Å². The van der Waals surface area contributed by atoms with E-state index < -0.39 is 0 Å². The van der Waals surface area contributed by atoms with Gasteiger partial charge in [0.15, 0.2) is 0 Å². The van der Waals surface area contributed by atoms with Gasteiger partial charge < -0.3 is 20.3 Å². The summed E-state index contributed by atoms with van der Waals surface area (Å²) < 4.78 is 5.79. The van der Waals surface area contributed by atoms with Crippen molar-refractivity contribution in [1.29, 1.82) is 0 Å². The highest BCUT2D eigenvalue weighted by atomic mass is 16.6. The topological polar surface area (TPSA) is 105 Å². The second-order valence-electron chi connectivity index (χ2n) is 11.2. The predicted octanol–water partition coefficient (Wildman–Crippen LogP) is 4.08. The number of nitrogens with two attached hydrogens (primary N) is 1. The van der Waals surface area contributed by atoms with Crippen LogP contribution in [0.3, 0.4) is 0 Å². The molecular weight excluding hydrogens is 492 g/mol. The average molecular weight is 533 g/mol. The van der Waals surface area contributed by atoms with Crippen molar-refractivity contribution in [1.82, 2.24) is 15.1 Å². The van der Waals surface area contributed by atoms with Crippen LogP contribution in [0.1, 0.15) is 74.0 Å². The lowest BCUT2D eigenvalue weighted by Crippen LogP contribution is -2.50. The SMILES string of the molecule is NC1CCC(N2CCC(N(Cc3ccc(C4CCC(=O)NC4=O)cc3)C(=O)OCc3ccccc3)CC2)CC1. The van der Waals surface area contributed by atoms with Crippen LogP contribution in [0.2, 0.25) is 0 Å². The normalized spacial score (nSPS) is 24.7. The van der Waals surface area contributed by atoms with Crippen molar-refractivity contribution >= 4 is 17.9 Å². The Morgan fingerprint density at radius 2 is 1.59 bits per heavy atom. The number of piperidine rings is 2. The van der Waals surface area contributed by atoms with Gasteiger partial charge in [0, 0.05) is 44.2 Å². The minimum Gasteiger partial charge on any atom is -0.445 e. The van der Waals surface area contributed by atoms with Crippen molar-refractivity contribution in [2.45, 2.75) is 88.6 Å². The van der Waals surface area contributed by atoms with Crippen LogP contribution in [-0.4, -0.2) is 58.9 Å². The number of likely N-dealkylation sites (tertiary alicyclic amines) is 1. The average Bonchev–Trinajstić information content (AvgIpc) is 2.96. The molecule has 1 unspecified atom stereocenters. The molecule has 2 aromatic carbocycles. The third-order valence-electron chi connectivity index (χ3n) is 8.61. The van der Waals surface area contributed by atoms with Gasteiger partial charge in [-0.05, 0) is 61.6 Å². The summed E-state index contributed by atoms with van der Waals surface area (Å²) in [5, 5.41) is 2.43. The van der Waals surface area contributed by atoms with Gasteiger partial charge in [0.2, 0.25) is 11.8 Å². The number of hydrogen-bond acceptors (Lipinski definition) is 6. The minimum atomic E-state index is -0.317. The van der Waals surface area contributed by atoms with Gasteiger partial charge in [0.25, 0.3) is 0 Å². The van der Waals surface area contributed by atoms with E-state index in [1.165, 1.54) is 0 Å². The van der Waals surface area contributed by atoms with Gasteiger partial charge in [-0.1, -0.05) is 54.6 Å². The number of ether oxygens (including phenoxy) is 1. The fourth-order valence-corrected chi connectivity index (χ4v) is 6.24. The van der Waals surface area contributed by atoms with E-state index >= 15 is 0 Å². The first-order valence-electron chi connectivity index (χ1n) is 14.4. The second kappa shape index (κ2) is 12.7. The smallest absolute Gasteiger partial charge is 0.410 e. The number of hydrogen-bond donors (Lipinski definition) is 2. The summed E-state index contributed by atoms with van der Waals surface area (Å²) >= 11 is 0. The van der Waals surface area contributed by atoms with Crippen LogP contribution in [0.5, 0.6) is 0 Å².